The van der Waals surface area contributed by atoms with Crippen molar-refractivity contribution < 1.29 is 4.39 Å². The molecule has 0 aromatic heterocycles. The minimum atomic E-state index is -0.107. The molecule has 0 spiro atoms. The van der Waals surface area contributed by atoms with Gasteiger partial charge < -0.3 is 5.32 Å². The second-order valence-electron chi connectivity index (χ2n) is 6.01. The maximum atomic E-state index is 13.6. The van der Waals surface area contributed by atoms with Crippen LogP contribution in [0.3, 0.4) is 0 Å². The summed E-state index contributed by atoms with van der Waals surface area (Å²) in [7, 11) is 0. The zero-order valence-corrected chi connectivity index (χ0v) is 11.0. The van der Waals surface area contributed by atoms with E-state index in [4.69, 9.17) is 0 Å². The smallest absolute Gasteiger partial charge is 0.127 e. The van der Waals surface area contributed by atoms with Gasteiger partial charge in [0.2, 0.25) is 0 Å². The second kappa shape index (κ2) is 4.77. The van der Waals surface area contributed by atoms with Gasteiger partial charge in [0, 0.05) is 17.6 Å². The van der Waals surface area contributed by atoms with Gasteiger partial charge in [0.1, 0.15) is 5.82 Å². The third-order valence-corrected chi connectivity index (χ3v) is 3.83. The van der Waals surface area contributed by atoms with Crippen molar-refractivity contribution in [3.8, 4) is 0 Å². The molecule has 17 heavy (non-hydrogen) atoms. The zero-order chi connectivity index (χ0) is 12.5. The summed E-state index contributed by atoms with van der Waals surface area (Å²) in [4.78, 5) is 0. The van der Waals surface area contributed by atoms with E-state index in [-0.39, 0.29) is 11.9 Å². The van der Waals surface area contributed by atoms with Gasteiger partial charge in [0.05, 0.1) is 0 Å². The molecule has 0 aliphatic heterocycles. The van der Waals surface area contributed by atoms with Gasteiger partial charge in [-0.25, -0.2) is 4.39 Å². The fourth-order valence-electron chi connectivity index (χ4n) is 2.85. The molecule has 1 fully saturated rings. The van der Waals surface area contributed by atoms with Gasteiger partial charge in [-0.15, -0.1) is 0 Å². The molecule has 1 aliphatic carbocycles. The van der Waals surface area contributed by atoms with E-state index in [1.807, 2.05) is 19.1 Å². The Hall–Kier alpha value is -0.890. The number of hydrogen-bond donors (Lipinski definition) is 1. The van der Waals surface area contributed by atoms with Gasteiger partial charge in [-0.2, -0.15) is 0 Å². The molecular weight excluding hydrogens is 213 g/mol. The van der Waals surface area contributed by atoms with Crippen LogP contribution in [0.2, 0.25) is 0 Å². The van der Waals surface area contributed by atoms with Gasteiger partial charge in [-0.1, -0.05) is 32.0 Å². The van der Waals surface area contributed by atoms with Crippen molar-refractivity contribution in [1.29, 1.82) is 0 Å². The highest BCUT2D eigenvalue weighted by atomic mass is 19.1. The number of rotatable bonds is 3. The molecule has 2 heteroatoms. The van der Waals surface area contributed by atoms with E-state index in [0.717, 1.165) is 5.56 Å². The summed E-state index contributed by atoms with van der Waals surface area (Å²) >= 11 is 0. The highest BCUT2D eigenvalue weighted by Crippen LogP contribution is 2.37. The van der Waals surface area contributed by atoms with Crippen molar-refractivity contribution in [3.05, 3.63) is 35.6 Å². The summed E-state index contributed by atoms with van der Waals surface area (Å²) in [6.45, 7) is 6.66. The SMILES string of the molecule is CC(NC1CCC(C)(C)C1)c1ccccc1F. The molecular formula is C15H22FN. The Kier molecular flexibility index (Phi) is 3.53. The Bertz CT molecular complexity index is 386. The molecule has 1 aromatic carbocycles. The van der Waals surface area contributed by atoms with Crippen LogP contribution in [-0.4, -0.2) is 6.04 Å². The van der Waals surface area contributed by atoms with Crippen LogP contribution in [0, 0.1) is 11.2 Å². The normalized spacial score (nSPS) is 24.8. The summed E-state index contributed by atoms with van der Waals surface area (Å²) in [6.07, 6.45) is 3.65. The average molecular weight is 235 g/mol. The minimum Gasteiger partial charge on any atom is -0.307 e. The first-order chi connectivity index (χ1) is 7.98. The van der Waals surface area contributed by atoms with E-state index in [1.54, 1.807) is 6.07 Å². The van der Waals surface area contributed by atoms with Crippen LogP contribution in [-0.2, 0) is 0 Å². The van der Waals surface area contributed by atoms with Gasteiger partial charge in [-0.3, -0.25) is 0 Å². The van der Waals surface area contributed by atoms with E-state index in [9.17, 15) is 4.39 Å². The molecule has 0 heterocycles. The van der Waals surface area contributed by atoms with Crippen LogP contribution in [0.1, 0.15) is 51.6 Å². The lowest BCUT2D eigenvalue weighted by Gasteiger charge is -2.22. The van der Waals surface area contributed by atoms with Crippen molar-refractivity contribution >= 4 is 0 Å². The van der Waals surface area contributed by atoms with Crippen LogP contribution in [0.5, 0.6) is 0 Å². The molecule has 1 aliphatic rings. The Morgan fingerprint density at radius 2 is 2.06 bits per heavy atom. The highest BCUT2D eigenvalue weighted by Gasteiger charge is 2.31. The topological polar surface area (TPSA) is 12.0 Å². The first-order valence-electron chi connectivity index (χ1n) is 6.48. The van der Waals surface area contributed by atoms with Crippen LogP contribution >= 0.6 is 0 Å². The summed E-state index contributed by atoms with van der Waals surface area (Å²) in [5, 5.41) is 3.55. The zero-order valence-electron chi connectivity index (χ0n) is 11.0. The maximum Gasteiger partial charge on any atom is 0.127 e. The molecule has 94 valence electrons. The Morgan fingerprint density at radius 3 is 2.65 bits per heavy atom. The lowest BCUT2D eigenvalue weighted by molar-refractivity contribution is 0.355. The van der Waals surface area contributed by atoms with E-state index < -0.39 is 0 Å². The largest absolute Gasteiger partial charge is 0.307 e. The number of benzene rings is 1. The monoisotopic (exact) mass is 235 g/mol. The van der Waals surface area contributed by atoms with Crippen LogP contribution in [0.15, 0.2) is 24.3 Å². The van der Waals surface area contributed by atoms with E-state index >= 15 is 0 Å². The Labute approximate surface area is 103 Å². The summed E-state index contributed by atoms with van der Waals surface area (Å²) < 4.78 is 13.6. The minimum absolute atomic E-state index is 0.0927. The Balaban J connectivity index is 1.99. The summed E-state index contributed by atoms with van der Waals surface area (Å²) in [5.74, 6) is -0.107. The average Bonchev–Trinajstić information content (AvgIpc) is 2.58. The first kappa shape index (κ1) is 12.6. The second-order valence-corrected chi connectivity index (χ2v) is 6.01. The highest BCUT2D eigenvalue weighted by molar-refractivity contribution is 5.20. The molecule has 1 saturated carbocycles. The van der Waals surface area contributed by atoms with E-state index in [2.05, 4.69) is 19.2 Å². The molecule has 1 nitrogen and oxygen atoms in total. The summed E-state index contributed by atoms with van der Waals surface area (Å²) in [6, 6.07) is 7.66. The van der Waals surface area contributed by atoms with Crippen molar-refractivity contribution in [2.45, 2.75) is 52.1 Å². The molecule has 0 amide bonds. The predicted octanol–water partition coefficient (Wildman–Crippen LogP) is 4.06. The van der Waals surface area contributed by atoms with Gasteiger partial charge >= 0.3 is 0 Å². The third-order valence-electron chi connectivity index (χ3n) is 3.83. The summed E-state index contributed by atoms with van der Waals surface area (Å²) in [5.41, 5.74) is 1.21. The lowest BCUT2D eigenvalue weighted by Crippen LogP contribution is -2.30. The Morgan fingerprint density at radius 1 is 1.35 bits per heavy atom. The molecule has 0 saturated heterocycles. The molecule has 0 radical (unpaired) electrons. The van der Waals surface area contributed by atoms with Crippen molar-refractivity contribution in [2.24, 2.45) is 5.41 Å². The first-order valence-corrected chi connectivity index (χ1v) is 6.48. The maximum absolute atomic E-state index is 13.6. The van der Waals surface area contributed by atoms with Crippen LogP contribution < -0.4 is 5.32 Å². The lowest BCUT2D eigenvalue weighted by atomic mass is 9.91. The fourth-order valence-corrected chi connectivity index (χ4v) is 2.85. The quantitative estimate of drug-likeness (QED) is 0.833. The number of hydrogen-bond acceptors (Lipinski definition) is 1. The molecule has 2 rings (SSSR count). The van der Waals surface area contributed by atoms with Gasteiger partial charge in [0.25, 0.3) is 0 Å². The van der Waals surface area contributed by atoms with Crippen molar-refractivity contribution in [3.63, 3.8) is 0 Å². The van der Waals surface area contributed by atoms with Crippen LogP contribution in [0.4, 0.5) is 4.39 Å². The molecule has 2 atom stereocenters. The third kappa shape index (κ3) is 3.06. The van der Waals surface area contributed by atoms with E-state index in [0.29, 0.717) is 11.5 Å². The molecule has 0 bridgehead atoms. The van der Waals surface area contributed by atoms with Gasteiger partial charge in [0.15, 0.2) is 0 Å². The fraction of sp³-hybridized carbons (Fsp3) is 0.600. The number of halogens is 1. The van der Waals surface area contributed by atoms with Crippen molar-refractivity contribution in [2.75, 3.05) is 0 Å². The number of nitrogens with one attached hydrogen (secondary N) is 1. The molecule has 2 unspecified atom stereocenters. The van der Waals surface area contributed by atoms with Crippen LogP contribution in [0.25, 0.3) is 0 Å². The standard InChI is InChI=1S/C15H22FN/c1-11(13-6-4-5-7-14(13)16)17-12-8-9-15(2,3)10-12/h4-7,11-12,17H,8-10H2,1-3H3. The van der Waals surface area contributed by atoms with Gasteiger partial charge in [-0.05, 0) is 37.7 Å². The van der Waals surface area contributed by atoms with E-state index in [1.165, 1.54) is 25.3 Å². The van der Waals surface area contributed by atoms with Crippen molar-refractivity contribution in [1.82, 2.24) is 5.32 Å². The predicted molar refractivity (Wildman–Crippen MR) is 69.4 cm³/mol. The molecule has 1 N–H and O–H groups in total. The molecule has 1 aromatic rings.